The summed E-state index contributed by atoms with van der Waals surface area (Å²) in [7, 11) is 0. The number of benzene rings is 4. The van der Waals surface area contributed by atoms with Crippen molar-refractivity contribution in [3.8, 4) is 23.0 Å². The number of oxime groups is 1. The van der Waals surface area contributed by atoms with Crippen molar-refractivity contribution < 1.29 is 33.7 Å². The quantitative estimate of drug-likeness (QED) is 0.101. The number of nitrogens with one attached hydrogen (secondary N) is 1. The summed E-state index contributed by atoms with van der Waals surface area (Å²) >= 11 is 0. The standard InChI is InChI=1S/C44H52N2O7/c1-26-27(2)40-37(28(3)39(26)52-29(4)47)36(46-51-24-30-15-13-12-14-16-30)23-44(11,53-40)25-50-33-19-17-32(18-20-33)45-41(49)31-21-34(42(5,6)7)38(48)35(22-31)43(8,9)10/h12-22,48H,23-25H2,1-11H3,(H,45,49). The molecular weight excluding hydrogens is 668 g/mol. The molecule has 9 heteroatoms. The van der Waals surface area contributed by atoms with Gasteiger partial charge in [-0.15, -0.1) is 0 Å². The van der Waals surface area contributed by atoms with E-state index in [1.165, 1.54) is 6.92 Å². The first-order chi connectivity index (χ1) is 24.8. The van der Waals surface area contributed by atoms with Gasteiger partial charge in [0.05, 0.1) is 5.71 Å². The molecule has 53 heavy (non-hydrogen) atoms. The van der Waals surface area contributed by atoms with Gasteiger partial charge >= 0.3 is 5.97 Å². The third-order valence-electron chi connectivity index (χ3n) is 9.50. The van der Waals surface area contributed by atoms with Crippen LogP contribution in [0.5, 0.6) is 23.0 Å². The van der Waals surface area contributed by atoms with Gasteiger partial charge in [-0.3, -0.25) is 9.59 Å². The van der Waals surface area contributed by atoms with Gasteiger partial charge in [0.2, 0.25) is 0 Å². The van der Waals surface area contributed by atoms with Crippen LogP contribution in [0.1, 0.15) is 111 Å². The first kappa shape index (κ1) is 38.9. The van der Waals surface area contributed by atoms with Gasteiger partial charge in [0.1, 0.15) is 41.8 Å². The second-order valence-corrected chi connectivity index (χ2v) is 16.2. The highest BCUT2D eigenvalue weighted by molar-refractivity contribution is 6.07. The maximum absolute atomic E-state index is 13.5. The Morgan fingerprint density at radius 1 is 0.887 bits per heavy atom. The highest BCUT2D eigenvalue weighted by Gasteiger charge is 2.40. The zero-order valence-corrected chi connectivity index (χ0v) is 32.8. The van der Waals surface area contributed by atoms with E-state index in [1.807, 2.05) is 99.6 Å². The Labute approximate surface area is 313 Å². The molecule has 280 valence electrons. The zero-order valence-electron chi connectivity index (χ0n) is 32.8. The topological polar surface area (TPSA) is 116 Å². The number of hydrogen-bond donors (Lipinski definition) is 2. The minimum atomic E-state index is -0.824. The third-order valence-corrected chi connectivity index (χ3v) is 9.50. The van der Waals surface area contributed by atoms with Crippen LogP contribution in [0, 0.1) is 20.8 Å². The van der Waals surface area contributed by atoms with Crippen LogP contribution in [0.2, 0.25) is 0 Å². The van der Waals surface area contributed by atoms with E-state index >= 15 is 0 Å². The summed E-state index contributed by atoms with van der Waals surface area (Å²) in [5.74, 6) is 1.30. The Bertz CT molecular complexity index is 2000. The van der Waals surface area contributed by atoms with E-state index in [0.29, 0.717) is 47.2 Å². The van der Waals surface area contributed by atoms with Gasteiger partial charge in [-0.1, -0.05) is 77.0 Å². The number of phenolic OH excluding ortho intramolecular Hbond substituents is 1. The summed E-state index contributed by atoms with van der Waals surface area (Å²) in [4.78, 5) is 31.4. The Kier molecular flexibility index (Phi) is 11.0. The number of ether oxygens (including phenoxy) is 3. The number of anilines is 1. The third kappa shape index (κ3) is 8.84. The van der Waals surface area contributed by atoms with Crippen LogP contribution in [0.4, 0.5) is 5.69 Å². The van der Waals surface area contributed by atoms with Gasteiger partial charge in [-0.2, -0.15) is 0 Å². The number of esters is 1. The lowest BCUT2D eigenvalue weighted by atomic mass is 9.78. The van der Waals surface area contributed by atoms with Crippen molar-refractivity contribution in [3.05, 3.63) is 111 Å². The molecule has 0 radical (unpaired) electrons. The van der Waals surface area contributed by atoms with Gasteiger partial charge in [-0.05, 0) is 91.6 Å². The molecule has 0 bridgehead atoms. The minimum absolute atomic E-state index is 0.192. The Balaban J connectivity index is 1.36. The predicted molar refractivity (Wildman–Crippen MR) is 209 cm³/mol. The molecule has 1 aliphatic heterocycles. The fourth-order valence-corrected chi connectivity index (χ4v) is 6.49. The maximum atomic E-state index is 13.5. The number of phenols is 1. The van der Waals surface area contributed by atoms with E-state index in [-0.39, 0.29) is 29.1 Å². The molecular formula is C44H52N2O7. The molecule has 1 aliphatic rings. The minimum Gasteiger partial charge on any atom is -0.507 e. The van der Waals surface area contributed by atoms with Gasteiger partial charge in [0.15, 0.2) is 0 Å². The lowest BCUT2D eigenvalue weighted by molar-refractivity contribution is -0.132. The molecule has 0 spiro atoms. The molecule has 1 unspecified atom stereocenters. The van der Waals surface area contributed by atoms with Crippen molar-refractivity contribution in [2.75, 3.05) is 11.9 Å². The molecule has 4 aromatic rings. The van der Waals surface area contributed by atoms with Gasteiger partial charge < -0.3 is 29.5 Å². The number of rotatable bonds is 9. The number of fused-ring (bicyclic) bond motifs is 1. The number of amides is 1. The highest BCUT2D eigenvalue weighted by Crippen LogP contribution is 2.45. The normalized spacial score (nSPS) is 16.4. The SMILES string of the molecule is CC(=O)Oc1c(C)c(C)c2c(c1C)C(=NOCc1ccccc1)CC(C)(COc1ccc(NC(=O)c3cc(C(C)(C)C)c(O)c(C(C)(C)C)c3)cc1)O2. The van der Waals surface area contributed by atoms with Crippen molar-refractivity contribution >= 4 is 23.3 Å². The van der Waals surface area contributed by atoms with Crippen LogP contribution in [0.25, 0.3) is 0 Å². The summed E-state index contributed by atoms with van der Waals surface area (Å²) in [5.41, 5.74) is 5.78. The fourth-order valence-electron chi connectivity index (χ4n) is 6.49. The van der Waals surface area contributed by atoms with E-state index in [1.54, 1.807) is 36.4 Å². The van der Waals surface area contributed by atoms with Gasteiger partial charge in [0.25, 0.3) is 5.91 Å². The molecule has 0 saturated carbocycles. The number of carbonyl (C=O) groups excluding carboxylic acids is 2. The summed E-state index contributed by atoms with van der Waals surface area (Å²) in [6.07, 6.45) is 0.367. The summed E-state index contributed by atoms with van der Waals surface area (Å²) in [5, 5.41) is 18.7. The Hall–Kier alpha value is -5.31. The average Bonchev–Trinajstić information content (AvgIpc) is 3.08. The van der Waals surface area contributed by atoms with Crippen LogP contribution < -0.4 is 19.5 Å². The number of aromatic hydroxyl groups is 1. The molecule has 1 amide bonds. The zero-order chi connectivity index (χ0) is 38.9. The van der Waals surface area contributed by atoms with E-state index in [4.69, 9.17) is 19.0 Å². The summed E-state index contributed by atoms with van der Waals surface area (Å²) in [6.45, 7) is 21.7. The van der Waals surface area contributed by atoms with Gasteiger partial charge in [-0.25, -0.2) is 0 Å². The number of carbonyl (C=O) groups is 2. The van der Waals surface area contributed by atoms with Crippen LogP contribution in [0.3, 0.4) is 0 Å². The highest BCUT2D eigenvalue weighted by atomic mass is 16.6. The van der Waals surface area contributed by atoms with Crippen LogP contribution in [0.15, 0.2) is 71.9 Å². The van der Waals surface area contributed by atoms with E-state index < -0.39 is 11.6 Å². The van der Waals surface area contributed by atoms with Crippen molar-refractivity contribution in [3.63, 3.8) is 0 Å². The molecule has 2 N–H and O–H groups in total. The first-order valence-electron chi connectivity index (χ1n) is 17.9. The molecule has 1 atom stereocenters. The van der Waals surface area contributed by atoms with E-state index in [2.05, 4.69) is 10.5 Å². The van der Waals surface area contributed by atoms with Crippen LogP contribution >= 0.6 is 0 Å². The largest absolute Gasteiger partial charge is 0.507 e. The van der Waals surface area contributed by atoms with E-state index in [9.17, 15) is 14.7 Å². The number of nitrogens with zero attached hydrogens (tertiary/aromatic N) is 1. The van der Waals surface area contributed by atoms with E-state index in [0.717, 1.165) is 38.9 Å². The lowest BCUT2D eigenvalue weighted by Crippen LogP contribution is -2.45. The summed E-state index contributed by atoms with van der Waals surface area (Å²) in [6, 6.07) is 20.5. The van der Waals surface area contributed by atoms with Crippen LogP contribution in [-0.4, -0.2) is 34.9 Å². The Morgan fingerprint density at radius 3 is 2.06 bits per heavy atom. The van der Waals surface area contributed by atoms with Crippen LogP contribution in [-0.2, 0) is 27.1 Å². The molecule has 0 aliphatic carbocycles. The van der Waals surface area contributed by atoms with Crippen molar-refractivity contribution in [2.45, 2.75) is 106 Å². The molecule has 1 heterocycles. The van der Waals surface area contributed by atoms with Crippen molar-refractivity contribution in [1.29, 1.82) is 0 Å². The molecule has 0 fully saturated rings. The second-order valence-electron chi connectivity index (χ2n) is 16.2. The first-order valence-corrected chi connectivity index (χ1v) is 17.9. The Morgan fingerprint density at radius 2 is 1.49 bits per heavy atom. The number of hydrogen-bond acceptors (Lipinski definition) is 8. The van der Waals surface area contributed by atoms with Crippen molar-refractivity contribution in [2.24, 2.45) is 5.16 Å². The average molecular weight is 721 g/mol. The molecule has 4 aromatic carbocycles. The molecule has 5 rings (SSSR count). The monoisotopic (exact) mass is 720 g/mol. The van der Waals surface area contributed by atoms with Gasteiger partial charge in [0, 0.05) is 46.8 Å². The van der Waals surface area contributed by atoms with Crippen molar-refractivity contribution in [1.82, 2.24) is 0 Å². The smallest absolute Gasteiger partial charge is 0.308 e. The molecule has 0 saturated heterocycles. The molecule has 0 aromatic heterocycles. The second kappa shape index (κ2) is 15.0. The maximum Gasteiger partial charge on any atom is 0.308 e. The lowest BCUT2D eigenvalue weighted by Gasteiger charge is -2.38. The fraction of sp³-hybridized carbons (Fsp3) is 0.386. The summed E-state index contributed by atoms with van der Waals surface area (Å²) < 4.78 is 18.7. The predicted octanol–water partition coefficient (Wildman–Crippen LogP) is 9.63. The molecule has 9 nitrogen and oxygen atoms in total.